The predicted molar refractivity (Wildman–Crippen MR) is 87.8 cm³/mol. The summed E-state index contributed by atoms with van der Waals surface area (Å²) in [5.74, 6) is 0. The first-order valence-electron chi connectivity index (χ1n) is 6.50. The van der Waals surface area contributed by atoms with Crippen molar-refractivity contribution in [1.82, 2.24) is 4.98 Å². The summed E-state index contributed by atoms with van der Waals surface area (Å²) in [6, 6.07) is 13.0. The van der Waals surface area contributed by atoms with Crippen LogP contribution in [-0.4, -0.2) is 4.98 Å². The van der Waals surface area contributed by atoms with Gasteiger partial charge in [0.1, 0.15) is 5.15 Å². The molecule has 3 aromatic rings. The lowest BCUT2D eigenvalue weighted by Gasteiger charge is -2.14. The average Bonchev–Trinajstić information content (AvgIpc) is 2.87. The Labute approximate surface area is 127 Å². The molecule has 2 aromatic heterocycles. The zero-order chi connectivity index (χ0) is 14.1. The molecule has 0 saturated carbocycles. The van der Waals surface area contributed by atoms with Crippen LogP contribution in [0.5, 0.6) is 0 Å². The number of nitrogens with one attached hydrogen (secondary N) is 1. The van der Waals surface area contributed by atoms with Crippen molar-refractivity contribution in [3.8, 4) is 0 Å². The van der Waals surface area contributed by atoms with Crippen molar-refractivity contribution >= 4 is 38.7 Å². The van der Waals surface area contributed by atoms with Gasteiger partial charge in [-0.3, -0.25) is 0 Å². The van der Waals surface area contributed by atoms with Crippen LogP contribution in [0.15, 0.2) is 42.6 Å². The minimum Gasteiger partial charge on any atom is -0.376 e. The van der Waals surface area contributed by atoms with E-state index in [0.29, 0.717) is 5.15 Å². The summed E-state index contributed by atoms with van der Waals surface area (Å²) in [7, 11) is 0. The molecular formula is C16H15ClN2S. The molecule has 0 spiro atoms. The number of hydrogen-bond donors (Lipinski definition) is 1. The van der Waals surface area contributed by atoms with E-state index < -0.39 is 0 Å². The molecule has 1 atom stereocenters. The van der Waals surface area contributed by atoms with E-state index in [4.69, 9.17) is 11.6 Å². The topological polar surface area (TPSA) is 24.9 Å². The van der Waals surface area contributed by atoms with Crippen molar-refractivity contribution in [2.24, 2.45) is 0 Å². The van der Waals surface area contributed by atoms with Gasteiger partial charge in [0, 0.05) is 9.58 Å². The first kappa shape index (κ1) is 13.4. The Morgan fingerprint density at radius 1 is 1.25 bits per heavy atom. The van der Waals surface area contributed by atoms with Gasteiger partial charge in [-0.2, -0.15) is 0 Å². The van der Waals surface area contributed by atoms with Crippen molar-refractivity contribution in [2.45, 2.75) is 19.9 Å². The number of nitrogens with zero attached hydrogens (tertiary/aromatic N) is 1. The Morgan fingerprint density at radius 3 is 2.80 bits per heavy atom. The van der Waals surface area contributed by atoms with Gasteiger partial charge in [0.2, 0.25) is 0 Å². The highest BCUT2D eigenvalue weighted by Crippen LogP contribution is 2.31. The van der Waals surface area contributed by atoms with Crippen LogP contribution in [0, 0.1) is 6.92 Å². The predicted octanol–water partition coefficient (Wildman–Crippen LogP) is 5.43. The third-order valence-corrected chi connectivity index (χ3v) is 4.96. The maximum absolute atomic E-state index is 5.95. The second-order valence-corrected chi connectivity index (χ2v) is 6.36. The molecule has 1 aromatic carbocycles. The lowest BCUT2D eigenvalue weighted by atomic mass is 10.2. The Balaban J connectivity index is 1.84. The smallest absolute Gasteiger partial charge is 0.132 e. The maximum atomic E-state index is 5.95. The van der Waals surface area contributed by atoms with Gasteiger partial charge in [0.15, 0.2) is 0 Å². The summed E-state index contributed by atoms with van der Waals surface area (Å²) in [4.78, 5) is 5.49. The SMILES string of the molecule is Cc1cc(NC(C)c2cc3ccccc3s2)cnc1Cl. The van der Waals surface area contributed by atoms with Crippen molar-refractivity contribution in [3.63, 3.8) is 0 Å². The van der Waals surface area contributed by atoms with E-state index in [1.54, 1.807) is 6.20 Å². The number of anilines is 1. The van der Waals surface area contributed by atoms with Crippen LogP contribution in [0.4, 0.5) is 5.69 Å². The van der Waals surface area contributed by atoms with Crippen molar-refractivity contribution in [1.29, 1.82) is 0 Å². The number of aryl methyl sites for hydroxylation is 1. The molecule has 3 rings (SSSR count). The molecule has 0 aliphatic heterocycles. The first-order valence-corrected chi connectivity index (χ1v) is 7.70. The molecule has 0 aliphatic carbocycles. The zero-order valence-electron chi connectivity index (χ0n) is 11.4. The van der Waals surface area contributed by atoms with E-state index in [-0.39, 0.29) is 6.04 Å². The quantitative estimate of drug-likeness (QED) is 0.652. The highest BCUT2D eigenvalue weighted by molar-refractivity contribution is 7.19. The van der Waals surface area contributed by atoms with Crippen molar-refractivity contribution in [2.75, 3.05) is 5.32 Å². The van der Waals surface area contributed by atoms with Crippen LogP contribution in [0.3, 0.4) is 0 Å². The van der Waals surface area contributed by atoms with E-state index in [2.05, 4.69) is 47.6 Å². The average molecular weight is 303 g/mol. The molecule has 0 radical (unpaired) electrons. The van der Waals surface area contributed by atoms with Crippen LogP contribution in [-0.2, 0) is 0 Å². The number of aromatic nitrogens is 1. The highest BCUT2D eigenvalue weighted by atomic mass is 35.5. The minimum absolute atomic E-state index is 0.245. The minimum atomic E-state index is 0.245. The molecule has 0 saturated heterocycles. The van der Waals surface area contributed by atoms with Gasteiger partial charge in [0.05, 0.1) is 17.9 Å². The lowest BCUT2D eigenvalue weighted by molar-refractivity contribution is 0.906. The molecule has 0 aliphatic rings. The van der Waals surface area contributed by atoms with Crippen LogP contribution >= 0.6 is 22.9 Å². The normalized spacial score (nSPS) is 12.6. The summed E-state index contributed by atoms with van der Waals surface area (Å²) < 4.78 is 1.32. The van der Waals surface area contributed by atoms with Gasteiger partial charge in [-0.15, -0.1) is 11.3 Å². The molecule has 102 valence electrons. The highest BCUT2D eigenvalue weighted by Gasteiger charge is 2.10. The molecule has 2 nitrogen and oxygen atoms in total. The van der Waals surface area contributed by atoms with E-state index in [0.717, 1.165) is 11.3 Å². The summed E-state index contributed by atoms with van der Waals surface area (Å²) in [5.41, 5.74) is 1.98. The Bertz CT molecular complexity index is 718. The number of rotatable bonds is 3. The molecular weight excluding hydrogens is 288 g/mol. The molecule has 20 heavy (non-hydrogen) atoms. The van der Waals surface area contributed by atoms with E-state index in [9.17, 15) is 0 Å². The fourth-order valence-electron chi connectivity index (χ4n) is 2.17. The van der Waals surface area contributed by atoms with Crippen LogP contribution < -0.4 is 5.32 Å². The van der Waals surface area contributed by atoms with Gasteiger partial charge >= 0.3 is 0 Å². The largest absolute Gasteiger partial charge is 0.376 e. The fraction of sp³-hybridized carbons (Fsp3) is 0.188. The Hall–Kier alpha value is -1.58. The third kappa shape index (κ3) is 2.65. The van der Waals surface area contributed by atoms with Gasteiger partial charge in [-0.1, -0.05) is 29.8 Å². The second-order valence-electron chi connectivity index (χ2n) is 4.88. The van der Waals surface area contributed by atoms with Crippen LogP contribution in [0.1, 0.15) is 23.4 Å². The number of thiophene rings is 1. The number of pyridine rings is 1. The van der Waals surface area contributed by atoms with Gasteiger partial charge in [0.25, 0.3) is 0 Å². The summed E-state index contributed by atoms with van der Waals surface area (Å²) in [6.45, 7) is 4.12. The van der Waals surface area contributed by atoms with Crippen LogP contribution in [0.25, 0.3) is 10.1 Å². The number of fused-ring (bicyclic) bond motifs is 1. The Morgan fingerprint density at radius 2 is 2.05 bits per heavy atom. The number of benzene rings is 1. The fourth-order valence-corrected chi connectivity index (χ4v) is 3.34. The molecule has 1 unspecified atom stereocenters. The molecule has 0 bridgehead atoms. The molecule has 4 heteroatoms. The summed E-state index contributed by atoms with van der Waals surface area (Å²) >= 11 is 7.77. The van der Waals surface area contributed by atoms with Gasteiger partial charge < -0.3 is 5.32 Å². The number of hydrogen-bond acceptors (Lipinski definition) is 3. The standard InChI is InChI=1S/C16H15ClN2S/c1-10-7-13(9-18-16(10)17)19-11(2)15-8-12-5-3-4-6-14(12)20-15/h3-9,11,19H,1-2H3. The molecule has 1 N–H and O–H groups in total. The second kappa shape index (κ2) is 5.43. The monoisotopic (exact) mass is 302 g/mol. The Kier molecular flexibility index (Phi) is 3.64. The van der Waals surface area contributed by atoms with Gasteiger partial charge in [-0.05, 0) is 43.0 Å². The van der Waals surface area contributed by atoms with Crippen molar-refractivity contribution in [3.05, 3.63) is 58.2 Å². The summed E-state index contributed by atoms with van der Waals surface area (Å²) in [5, 5.41) is 5.33. The summed E-state index contributed by atoms with van der Waals surface area (Å²) in [6.07, 6.45) is 1.78. The maximum Gasteiger partial charge on any atom is 0.132 e. The lowest BCUT2D eigenvalue weighted by Crippen LogP contribution is -2.05. The van der Waals surface area contributed by atoms with E-state index >= 15 is 0 Å². The third-order valence-electron chi connectivity index (χ3n) is 3.27. The van der Waals surface area contributed by atoms with E-state index in [1.165, 1.54) is 15.0 Å². The van der Waals surface area contributed by atoms with Gasteiger partial charge in [-0.25, -0.2) is 4.98 Å². The van der Waals surface area contributed by atoms with Crippen molar-refractivity contribution < 1.29 is 0 Å². The first-order chi connectivity index (χ1) is 9.63. The molecule has 0 fully saturated rings. The number of halogens is 1. The zero-order valence-corrected chi connectivity index (χ0v) is 12.9. The molecule has 0 amide bonds. The van der Waals surface area contributed by atoms with E-state index in [1.807, 2.05) is 24.3 Å². The molecule has 2 heterocycles. The van der Waals surface area contributed by atoms with Crippen LogP contribution in [0.2, 0.25) is 5.15 Å².